The number of piperazine rings is 1. The van der Waals surface area contributed by atoms with Crippen molar-refractivity contribution in [2.75, 3.05) is 26.7 Å². The first-order valence-corrected chi connectivity index (χ1v) is 8.75. The number of benzene rings is 2. The first-order valence-electron chi connectivity index (χ1n) is 8.75. The first kappa shape index (κ1) is 16.1. The molecule has 128 valence electrons. The number of rotatable bonds is 4. The highest BCUT2D eigenvalue weighted by Crippen LogP contribution is 2.26. The van der Waals surface area contributed by atoms with Crippen molar-refractivity contribution in [3.05, 3.63) is 72.1 Å². The van der Waals surface area contributed by atoms with Crippen molar-refractivity contribution in [3.8, 4) is 5.75 Å². The van der Waals surface area contributed by atoms with Crippen molar-refractivity contribution in [2.24, 2.45) is 0 Å². The van der Waals surface area contributed by atoms with E-state index in [1.165, 1.54) is 21.9 Å². The molecule has 4 nitrogen and oxygen atoms in total. The van der Waals surface area contributed by atoms with E-state index in [9.17, 15) is 0 Å². The smallest absolute Gasteiger partial charge is 0.119 e. The third kappa shape index (κ3) is 3.50. The zero-order valence-electron chi connectivity index (χ0n) is 14.5. The van der Waals surface area contributed by atoms with Crippen LogP contribution in [-0.4, -0.2) is 36.6 Å². The molecule has 0 radical (unpaired) electrons. The number of pyridine rings is 1. The van der Waals surface area contributed by atoms with Crippen LogP contribution in [0, 0.1) is 0 Å². The summed E-state index contributed by atoms with van der Waals surface area (Å²) in [6.45, 7) is 3.99. The standard InChI is InChI=1S/C21H23N3O/c1-25-20-7-6-17-11-16(4-5-18(17)12-20)15-24-10-9-23-14-21(24)19-3-2-8-22-13-19/h2-8,11-13,21,23H,9-10,14-15H2,1H3. The molecule has 1 aliphatic heterocycles. The topological polar surface area (TPSA) is 37.4 Å². The highest BCUT2D eigenvalue weighted by Gasteiger charge is 2.23. The summed E-state index contributed by atoms with van der Waals surface area (Å²) in [6, 6.07) is 17.5. The molecule has 1 unspecified atom stereocenters. The van der Waals surface area contributed by atoms with Crippen LogP contribution in [-0.2, 0) is 6.54 Å². The lowest BCUT2D eigenvalue weighted by molar-refractivity contribution is 0.153. The van der Waals surface area contributed by atoms with Gasteiger partial charge < -0.3 is 10.1 Å². The largest absolute Gasteiger partial charge is 0.497 e. The average Bonchev–Trinajstić information content (AvgIpc) is 2.68. The maximum absolute atomic E-state index is 5.32. The van der Waals surface area contributed by atoms with Gasteiger partial charge in [-0.15, -0.1) is 0 Å². The van der Waals surface area contributed by atoms with E-state index in [1.807, 2.05) is 24.5 Å². The molecule has 0 spiro atoms. The van der Waals surface area contributed by atoms with Crippen LogP contribution < -0.4 is 10.1 Å². The molecule has 0 amide bonds. The molecule has 3 aromatic rings. The van der Waals surface area contributed by atoms with Crippen LogP contribution in [0.4, 0.5) is 0 Å². The summed E-state index contributed by atoms with van der Waals surface area (Å²) in [5.41, 5.74) is 2.62. The second-order valence-electron chi connectivity index (χ2n) is 6.52. The zero-order chi connectivity index (χ0) is 17.1. The predicted molar refractivity (Wildman–Crippen MR) is 101 cm³/mol. The molecule has 1 atom stereocenters. The monoisotopic (exact) mass is 333 g/mol. The average molecular weight is 333 g/mol. The maximum Gasteiger partial charge on any atom is 0.119 e. The third-order valence-corrected chi connectivity index (χ3v) is 4.92. The van der Waals surface area contributed by atoms with Crippen LogP contribution in [0.2, 0.25) is 0 Å². The van der Waals surface area contributed by atoms with Gasteiger partial charge >= 0.3 is 0 Å². The van der Waals surface area contributed by atoms with Crippen molar-refractivity contribution in [2.45, 2.75) is 12.6 Å². The van der Waals surface area contributed by atoms with Gasteiger partial charge in [0.1, 0.15) is 5.75 Å². The van der Waals surface area contributed by atoms with Gasteiger partial charge in [-0.2, -0.15) is 0 Å². The number of nitrogens with zero attached hydrogens (tertiary/aromatic N) is 2. The van der Waals surface area contributed by atoms with E-state index >= 15 is 0 Å². The quantitative estimate of drug-likeness (QED) is 0.794. The molecule has 1 saturated heterocycles. The summed E-state index contributed by atoms with van der Waals surface area (Å²) in [7, 11) is 1.71. The number of aromatic nitrogens is 1. The highest BCUT2D eigenvalue weighted by atomic mass is 16.5. The van der Waals surface area contributed by atoms with Gasteiger partial charge in [0.25, 0.3) is 0 Å². The van der Waals surface area contributed by atoms with Crippen molar-refractivity contribution >= 4 is 10.8 Å². The van der Waals surface area contributed by atoms with Gasteiger partial charge in [0, 0.05) is 44.6 Å². The molecule has 1 N–H and O–H groups in total. The molecule has 4 rings (SSSR count). The lowest BCUT2D eigenvalue weighted by atomic mass is 10.0. The van der Waals surface area contributed by atoms with Gasteiger partial charge in [-0.1, -0.05) is 24.3 Å². The van der Waals surface area contributed by atoms with E-state index in [1.54, 1.807) is 7.11 Å². The van der Waals surface area contributed by atoms with Gasteiger partial charge in [0.2, 0.25) is 0 Å². The predicted octanol–water partition coefficient (Wildman–Crippen LogP) is 3.39. The third-order valence-electron chi connectivity index (χ3n) is 4.92. The van der Waals surface area contributed by atoms with Gasteiger partial charge in [0.05, 0.1) is 7.11 Å². The molecule has 0 aliphatic carbocycles. The molecule has 2 aromatic carbocycles. The van der Waals surface area contributed by atoms with E-state index in [0.29, 0.717) is 6.04 Å². The van der Waals surface area contributed by atoms with Crippen molar-refractivity contribution in [3.63, 3.8) is 0 Å². The fraction of sp³-hybridized carbons (Fsp3) is 0.286. The van der Waals surface area contributed by atoms with E-state index < -0.39 is 0 Å². The van der Waals surface area contributed by atoms with Crippen molar-refractivity contribution in [1.29, 1.82) is 0 Å². The molecule has 0 saturated carbocycles. The summed E-state index contributed by atoms with van der Waals surface area (Å²) in [5.74, 6) is 0.902. The lowest BCUT2D eigenvalue weighted by Crippen LogP contribution is -2.45. The Kier molecular flexibility index (Phi) is 4.63. The Bertz CT molecular complexity index is 850. The number of nitrogens with one attached hydrogen (secondary N) is 1. The molecule has 1 aliphatic rings. The van der Waals surface area contributed by atoms with Crippen LogP contribution in [0.1, 0.15) is 17.2 Å². The number of hydrogen-bond donors (Lipinski definition) is 1. The summed E-state index contributed by atoms with van der Waals surface area (Å²) >= 11 is 0. The first-order chi connectivity index (χ1) is 12.3. The van der Waals surface area contributed by atoms with Crippen LogP contribution in [0.15, 0.2) is 60.9 Å². The Hall–Kier alpha value is -2.43. The molecule has 25 heavy (non-hydrogen) atoms. The second kappa shape index (κ2) is 7.21. The number of methoxy groups -OCH3 is 1. The summed E-state index contributed by atoms with van der Waals surface area (Å²) < 4.78 is 5.32. The minimum absolute atomic E-state index is 0.369. The summed E-state index contributed by atoms with van der Waals surface area (Å²) in [4.78, 5) is 6.83. The normalized spacial score (nSPS) is 18.4. The minimum Gasteiger partial charge on any atom is -0.497 e. The molecule has 2 heterocycles. The molecule has 1 aromatic heterocycles. The van der Waals surface area contributed by atoms with Gasteiger partial charge in [-0.05, 0) is 46.2 Å². The maximum atomic E-state index is 5.32. The van der Waals surface area contributed by atoms with Crippen LogP contribution in [0.5, 0.6) is 5.75 Å². The van der Waals surface area contributed by atoms with Crippen LogP contribution in [0.3, 0.4) is 0 Å². The van der Waals surface area contributed by atoms with E-state index in [2.05, 4.69) is 51.6 Å². The number of ether oxygens (including phenoxy) is 1. The van der Waals surface area contributed by atoms with Gasteiger partial charge in [-0.3, -0.25) is 9.88 Å². The Morgan fingerprint density at radius 2 is 2.04 bits per heavy atom. The zero-order valence-corrected chi connectivity index (χ0v) is 14.5. The Morgan fingerprint density at radius 1 is 1.16 bits per heavy atom. The molecular formula is C21H23N3O. The van der Waals surface area contributed by atoms with E-state index in [0.717, 1.165) is 31.9 Å². The SMILES string of the molecule is COc1ccc2cc(CN3CCNCC3c3cccnc3)ccc2c1. The van der Waals surface area contributed by atoms with Gasteiger partial charge in [-0.25, -0.2) is 0 Å². The molecular weight excluding hydrogens is 310 g/mol. The Balaban J connectivity index is 1.58. The van der Waals surface area contributed by atoms with Crippen molar-refractivity contribution < 1.29 is 4.74 Å². The Labute approximate surface area is 148 Å². The molecule has 1 fully saturated rings. The number of hydrogen-bond acceptors (Lipinski definition) is 4. The van der Waals surface area contributed by atoms with E-state index in [4.69, 9.17) is 4.74 Å². The minimum atomic E-state index is 0.369. The highest BCUT2D eigenvalue weighted by molar-refractivity contribution is 5.84. The van der Waals surface area contributed by atoms with Crippen LogP contribution >= 0.6 is 0 Å². The number of fused-ring (bicyclic) bond motifs is 1. The van der Waals surface area contributed by atoms with Crippen molar-refractivity contribution in [1.82, 2.24) is 15.2 Å². The van der Waals surface area contributed by atoms with Crippen LogP contribution in [0.25, 0.3) is 10.8 Å². The fourth-order valence-electron chi connectivity index (χ4n) is 3.57. The fourth-order valence-corrected chi connectivity index (χ4v) is 3.57. The molecule has 4 heteroatoms. The second-order valence-corrected chi connectivity index (χ2v) is 6.52. The van der Waals surface area contributed by atoms with E-state index in [-0.39, 0.29) is 0 Å². The lowest BCUT2D eigenvalue weighted by Gasteiger charge is -2.36. The molecule has 0 bridgehead atoms. The summed E-state index contributed by atoms with van der Waals surface area (Å²) in [5, 5.41) is 5.98. The summed E-state index contributed by atoms with van der Waals surface area (Å²) in [6.07, 6.45) is 3.82. The van der Waals surface area contributed by atoms with Gasteiger partial charge in [0.15, 0.2) is 0 Å². The Morgan fingerprint density at radius 3 is 2.88 bits per heavy atom.